The fourth-order valence-corrected chi connectivity index (χ4v) is 1.92. The number of benzene rings is 1. The monoisotopic (exact) mass is 337 g/mol. The number of carboxylic acids is 1. The molecule has 132 valence electrons. The maximum Gasteiger partial charge on any atom is 0.325 e. The molecule has 0 saturated heterocycles. The number of aliphatic hydroxyl groups excluding tert-OH is 1. The number of aliphatic hydroxyl groups is 1. The Morgan fingerprint density at radius 3 is 2.17 bits per heavy atom. The highest BCUT2D eigenvalue weighted by atomic mass is 16.4. The number of nitrogens with one attached hydrogen (secondary N) is 2. The maximum atomic E-state index is 12.3. The number of hydrogen-bond acceptors (Lipinski definition) is 5. The van der Waals surface area contributed by atoms with Gasteiger partial charge in [0, 0.05) is 6.42 Å². The number of carbonyl (C=O) groups is 3. The van der Waals surface area contributed by atoms with Crippen molar-refractivity contribution in [2.24, 2.45) is 5.73 Å². The quantitative estimate of drug-likeness (QED) is 0.412. The normalized spacial score (nSPS) is 15.7. The maximum absolute atomic E-state index is 12.3. The van der Waals surface area contributed by atoms with Gasteiger partial charge in [-0.25, -0.2) is 0 Å². The molecule has 0 bridgehead atoms. The lowest BCUT2D eigenvalue weighted by molar-refractivity contribution is -0.141. The minimum atomic E-state index is -1.19. The molecule has 0 aliphatic carbocycles. The van der Waals surface area contributed by atoms with Gasteiger partial charge in [0.1, 0.15) is 18.1 Å². The fourth-order valence-electron chi connectivity index (χ4n) is 1.92. The number of nitrogens with two attached hydrogens (primary N) is 1. The van der Waals surface area contributed by atoms with Crippen LogP contribution >= 0.6 is 0 Å². The lowest BCUT2D eigenvalue weighted by Crippen LogP contribution is -2.56. The molecule has 1 rings (SSSR count). The van der Waals surface area contributed by atoms with Crippen LogP contribution in [0.2, 0.25) is 0 Å². The first-order valence-corrected chi connectivity index (χ1v) is 7.53. The Morgan fingerprint density at radius 2 is 1.67 bits per heavy atom. The van der Waals surface area contributed by atoms with E-state index in [1.54, 1.807) is 24.3 Å². The van der Waals surface area contributed by atoms with Crippen molar-refractivity contribution in [2.45, 2.75) is 44.5 Å². The van der Waals surface area contributed by atoms with E-state index < -0.39 is 42.0 Å². The minimum absolute atomic E-state index is 0.164. The second-order valence-electron chi connectivity index (χ2n) is 5.59. The summed E-state index contributed by atoms with van der Waals surface area (Å²) in [5.74, 6) is -2.52. The lowest BCUT2D eigenvalue weighted by atomic mass is 10.0. The molecule has 1 aromatic rings. The SMILES string of the molecule is CC(NC(=O)C(Cc1ccccc1)NC(=O)C(N)C(C)O)C(=O)O. The van der Waals surface area contributed by atoms with Crippen LogP contribution in [0, 0.1) is 0 Å². The number of rotatable bonds is 8. The molecular weight excluding hydrogens is 314 g/mol. The highest BCUT2D eigenvalue weighted by molar-refractivity contribution is 5.92. The van der Waals surface area contributed by atoms with Gasteiger partial charge in [0.2, 0.25) is 11.8 Å². The van der Waals surface area contributed by atoms with Crippen LogP contribution in [0.4, 0.5) is 0 Å². The molecule has 0 radical (unpaired) electrons. The van der Waals surface area contributed by atoms with E-state index in [-0.39, 0.29) is 6.42 Å². The first kappa shape index (κ1) is 19.6. The van der Waals surface area contributed by atoms with Gasteiger partial charge in [-0.1, -0.05) is 30.3 Å². The van der Waals surface area contributed by atoms with Crippen molar-refractivity contribution in [3.05, 3.63) is 35.9 Å². The predicted octanol–water partition coefficient (Wildman–Crippen LogP) is -0.989. The van der Waals surface area contributed by atoms with E-state index in [0.29, 0.717) is 0 Å². The Morgan fingerprint density at radius 1 is 1.08 bits per heavy atom. The second kappa shape index (κ2) is 8.99. The van der Waals surface area contributed by atoms with Crippen molar-refractivity contribution in [3.8, 4) is 0 Å². The van der Waals surface area contributed by atoms with Crippen LogP contribution in [-0.4, -0.2) is 52.2 Å². The molecule has 0 aromatic heterocycles. The molecule has 8 nitrogen and oxygen atoms in total. The summed E-state index contributed by atoms with van der Waals surface area (Å²) in [5.41, 5.74) is 6.35. The van der Waals surface area contributed by atoms with Gasteiger partial charge in [0.15, 0.2) is 0 Å². The first-order valence-electron chi connectivity index (χ1n) is 7.53. The van der Waals surface area contributed by atoms with E-state index in [1.807, 2.05) is 6.07 Å². The first-order chi connectivity index (χ1) is 11.2. The van der Waals surface area contributed by atoms with Crippen LogP contribution in [-0.2, 0) is 20.8 Å². The summed E-state index contributed by atoms with van der Waals surface area (Å²) in [6.45, 7) is 2.69. The summed E-state index contributed by atoms with van der Waals surface area (Å²) in [6.07, 6.45) is -0.916. The van der Waals surface area contributed by atoms with E-state index in [4.69, 9.17) is 10.8 Å². The molecule has 2 amide bonds. The molecule has 24 heavy (non-hydrogen) atoms. The molecule has 4 atom stereocenters. The third-order valence-electron chi connectivity index (χ3n) is 3.47. The van der Waals surface area contributed by atoms with Crippen molar-refractivity contribution in [3.63, 3.8) is 0 Å². The molecule has 0 fully saturated rings. The summed E-state index contributed by atoms with van der Waals surface area (Å²) >= 11 is 0. The zero-order valence-electron chi connectivity index (χ0n) is 13.6. The average Bonchev–Trinajstić information content (AvgIpc) is 2.53. The standard InChI is InChI=1S/C16H23N3O5/c1-9(16(23)24)18-14(21)12(8-11-6-4-3-5-7-11)19-15(22)13(17)10(2)20/h3-7,9-10,12-13,20H,8,17H2,1-2H3,(H,18,21)(H,19,22)(H,23,24). The Kier molecular flexibility index (Phi) is 7.34. The van der Waals surface area contributed by atoms with Crippen LogP contribution in [0.5, 0.6) is 0 Å². The van der Waals surface area contributed by atoms with Crippen LogP contribution < -0.4 is 16.4 Å². The van der Waals surface area contributed by atoms with E-state index in [9.17, 15) is 19.5 Å². The lowest BCUT2D eigenvalue weighted by Gasteiger charge is -2.22. The number of amides is 2. The van der Waals surface area contributed by atoms with Crippen LogP contribution in [0.3, 0.4) is 0 Å². The van der Waals surface area contributed by atoms with Gasteiger partial charge < -0.3 is 26.6 Å². The molecule has 0 aliphatic heterocycles. The fraction of sp³-hybridized carbons (Fsp3) is 0.438. The molecule has 0 heterocycles. The van der Waals surface area contributed by atoms with E-state index in [1.165, 1.54) is 13.8 Å². The van der Waals surface area contributed by atoms with Gasteiger partial charge in [0.25, 0.3) is 0 Å². The van der Waals surface area contributed by atoms with Crippen LogP contribution in [0.15, 0.2) is 30.3 Å². The van der Waals surface area contributed by atoms with Gasteiger partial charge >= 0.3 is 5.97 Å². The zero-order valence-corrected chi connectivity index (χ0v) is 13.6. The van der Waals surface area contributed by atoms with Gasteiger partial charge in [-0.05, 0) is 19.4 Å². The second-order valence-corrected chi connectivity index (χ2v) is 5.59. The summed E-state index contributed by atoms with van der Waals surface area (Å²) in [6, 6.07) is 5.65. The molecule has 0 aliphatic rings. The summed E-state index contributed by atoms with van der Waals surface area (Å²) < 4.78 is 0. The highest BCUT2D eigenvalue weighted by Gasteiger charge is 2.27. The third kappa shape index (κ3) is 5.98. The Labute approximate surface area is 140 Å². The highest BCUT2D eigenvalue weighted by Crippen LogP contribution is 2.05. The van der Waals surface area contributed by atoms with Crippen LogP contribution in [0.25, 0.3) is 0 Å². The Balaban J connectivity index is 2.88. The third-order valence-corrected chi connectivity index (χ3v) is 3.47. The number of aliphatic carboxylic acids is 1. The van der Waals surface area contributed by atoms with Crippen molar-refractivity contribution in [2.75, 3.05) is 0 Å². The molecular formula is C16H23N3O5. The van der Waals surface area contributed by atoms with E-state index in [2.05, 4.69) is 10.6 Å². The number of carboxylic acid groups (broad SMARTS) is 1. The van der Waals surface area contributed by atoms with Crippen molar-refractivity contribution in [1.29, 1.82) is 0 Å². The van der Waals surface area contributed by atoms with E-state index in [0.717, 1.165) is 5.56 Å². The summed E-state index contributed by atoms with van der Waals surface area (Å²) in [5, 5.41) is 23.1. The predicted molar refractivity (Wildman–Crippen MR) is 87.0 cm³/mol. The van der Waals surface area contributed by atoms with Gasteiger partial charge in [-0.15, -0.1) is 0 Å². The smallest absolute Gasteiger partial charge is 0.325 e. The Bertz CT molecular complexity index is 576. The summed E-state index contributed by atoms with van der Waals surface area (Å²) in [4.78, 5) is 35.2. The van der Waals surface area contributed by atoms with E-state index >= 15 is 0 Å². The van der Waals surface area contributed by atoms with Crippen molar-refractivity contribution >= 4 is 17.8 Å². The molecule has 6 N–H and O–H groups in total. The number of carbonyl (C=O) groups excluding carboxylic acids is 2. The largest absolute Gasteiger partial charge is 0.480 e. The van der Waals surface area contributed by atoms with Gasteiger partial charge in [0.05, 0.1) is 6.10 Å². The van der Waals surface area contributed by atoms with Gasteiger partial charge in [-0.3, -0.25) is 14.4 Å². The molecule has 0 spiro atoms. The Hall–Kier alpha value is -2.45. The minimum Gasteiger partial charge on any atom is -0.480 e. The zero-order chi connectivity index (χ0) is 18.3. The van der Waals surface area contributed by atoms with Crippen molar-refractivity contribution < 1.29 is 24.6 Å². The molecule has 1 aromatic carbocycles. The summed E-state index contributed by atoms with van der Waals surface area (Å²) in [7, 11) is 0. The van der Waals surface area contributed by atoms with Crippen molar-refractivity contribution in [1.82, 2.24) is 10.6 Å². The number of hydrogen-bond donors (Lipinski definition) is 5. The van der Waals surface area contributed by atoms with Gasteiger partial charge in [-0.2, -0.15) is 0 Å². The topological polar surface area (TPSA) is 142 Å². The average molecular weight is 337 g/mol. The molecule has 8 heteroatoms. The molecule has 4 unspecified atom stereocenters. The molecule has 0 saturated carbocycles. The van der Waals surface area contributed by atoms with Crippen LogP contribution in [0.1, 0.15) is 19.4 Å².